The van der Waals surface area contributed by atoms with Gasteiger partial charge < -0.3 is 20.2 Å². The second kappa shape index (κ2) is 8.94. The van der Waals surface area contributed by atoms with E-state index >= 15 is 0 Å². The van der Waals surface area contributed by atoms with Crippen molar-refractivity contribution in [3.05, 3.63) is 99.7 Å². The number of nitrogen functional groups attached to an aromatic ring is 1. The summed E-state index contributed by atoms with van der Waals surface area (Å²) < 4.78 is 26.5. The van der Waals surface area contributed by atoms with Gasteiger partial charge in [0.2, 0.25) is 0 Å². The topological polar surface area (TPSA) is 112 Å². The zero-order valence-electron chi connectivity index (χ0n) is 16.4. The number of hydrogen-bond donors (Lipinski definition) is 2. The highest BCUT2D eigenvalue weighted by Gasteiger charge is 2.14. The molecule has 3 aromatic heterocycles. The number of nitrogens with one attached hydrogen (secondary N) is 1. The number of anilines is 1. The number of pyridine rings is 2. The highest BCUT2D eigenvalue weighted by atomic mass is 35.5. The van der Waals surface area contributed by atoms with Crippen LogP contribution in [0.4, 0.5) is 10.2 Å². The molecule has 10 heteroatoms. The molecule has 4 rings (SSSR count). The highest BCUT2D eigenvalue weighted by Crippen LogP contribution is 2.33. The summed E-state index contributed by atoms with van der Waals surface area (Å²) in [5.74, 6) is -0.510. The fourth-order valence-corrected chi connectivity index (χ4v) is 3.02. The van der Waals surface area contributed by atoms with Crippen LogP contribution in [0.5, 0.6) is 11.5 Å². The molecule has 0 aliphatic rings. The van der Waals surface area contributed by atoms with Crippen LogP contribution in [0.1, 0.15) is 16.1 Å². The van der Waals surface area contributed by atoms with E-state index in [1.54, 1.807) is 12.1 Å². The molecule has 0 atom stereocenters. The molecule has 1 amide bonds. The molecule has 0 aliphatic heterocycles. The number of ether oxygens (including phenoxy) is 1. The van der Waals surface area contributed by atoms with Crippen molar-refractivity contribution in [3.63, 3.8) is 0 Å². The van der Waals surface area contributed by atoms with E-state index in [1.807, 2.05) is 0 Å². The van der Waals surface area contributed by atoms with Gasteiger partial charge in [0.25, 0.3) is 11.5 Å². The van der Waals surface area contributed by atoms with Crippen LogP contribution >= 0.6 is 11.6 Å². The molecule has 162 valence electrons. The number of hydrogen-bond acceptors (Lipinski definition) is 6. The highest BCUT2D eigenvalue weighted by molar-refractivity contribution is 6.34. The number of furan rings is 1. The molecule has 0 bridgehead atoms. The van der Waals surface area contributed by atoms with Crippen molar-refractivity contribution in [2.45, 2.75) is 6.54 Å². The number of halogens is 2. The Hall–Kier alpha value is -4.11. The van der Waals surface area contributed by atoms with Crippen LogP contribution < -0.4 is 21.3 Å². The average molecular weight is 455 g/mol. The van der Waals surface area contributed by atoms with Gasteiger partial charge in [-0.2, -0.15) is 0 Å². The first-order valence-electron chi connectivity index (χ1n) is 9.33. The predicted octanol–water partition coefficient (Wildman–Crippen LogP) is 3.92. The zero-order valence-corrected chi connectivity index (χ0v) is 17.2. The number of nitrogens with zero attached hydrogens (tertiary/aromatic N) is 2. The van der Waals surface area contributed by atoms with E-state index in [0.717, 1.165) is 10.6 Å². The number of benzene rings is 1. The second-order valence-corrected chi connectivity index (χ2v) is 6.99. The molecule has 3 heterocycles. The smallest absolute Gasteiger partial charge is 0.255 e. The Kier molecular flexibility index (Phi) is 5.91. The summed E-state index contributed by atoms with van der Waals surface area (Å²) in [6.45, 7) is 0.188. The number of carbonyl (C=O) groups is 1. The van der Waals surface area contributed by atoms with Gasteiger partial charge in [-0.3, -0.25) is 14.2 Å². The first-order chi connectivity index (χ1) is 15.4. The first kappa shape index (κ1) is 21.1. The summed E-state index contributed by atoms with van der Waals surface area (Å²) >= 11 is 6.02. The van der Waals surface area contributed by atoms with Crippen molar-refractivity contribution in [3.8, 4) is 17.2 Å². The number of amides is 1. The maximum Gasteiger partial charge on any atom is 0.255 e. The Balaban J connectivity index is 1.57. The van der Waals surface area contributed by atoms with Gasteiger partial charge >= 0.3 is 0 Å². The SMILES string of the molecule is Nc1nccc(Oc2ccc(-n3cc(C(=O)NCc4ccco4)ccc3=O)cc2F)c1Cl. The minimum atomic E-state index is -0.742. The lowest BCUT2D eigenvalue weighted by atomic mass is 10.2. The molecule has 0 unspecified atom stereocenters. The lowest BCUT2D eigenvalue weighted by Crippen LogP contribution is -2.25. The van der Waals surface area contributed by atoms with Crippen LogP contribution in [-0.4, -0.2) is 15.5 Å². The van der Waals surface area contributed by atoms with Crippen molar-refractivity contribution in [2.75, 3.05) is 5.73 Å². The van der Waals surface area contributed by atoms with Gasteiger partial charge in [-0.15, -0.1) is 0 Å². The predicted molar refractivity (Wildman–Crippen MR) is 116 cm³/mol. The van der Waals surface area contributed by atoms with Gasteiger partial charge in [-0.25, -0.2) is 9.37 Å². The van der Waals surface area contributed by atoms with E-state index in [2.05, 4.69) is 10.3 Å². The van der Waals surface area contributed by atoms with Crippen molar-refractivity contribution in [1.29, 1.82) is 0 Å². The molecule has 32 heavy (non-hydrogen) atoms. The Morgan fingerprint density at radius 1 is 1.22 bits per heavy atom. The van der Waals surface area contributed by atoms with Gasteiger partial charge in [0.15, 0.2) is 17.3 Å². The second-order valence-electron chi connectivity index (χ2n) is 6.61. The van der Waals surface area contributed by atoms with Crippen molar-refractivity contribution >= 4 is 23.3 Å². The molecular formula is C22H16ClFN4O4. The van der Waals surface area contributed by atoms with Crippen LogP contribution in [0.3, 0.4) is 0 Å². The average Bonchev–Trinajstić information content (AvgIpc) is 3.30. The Morgan fingerprint density at radius 3 is 2.81 bits per heavy atom. The molecule has 0 radical (unpaired) electrons. The number of rotatable bonds is 6. The molecule has 0 fully saturated rings. The lowest BCUT2D eigenvalue weighted by Gasteiger charge is -2.12. The van der Waals surface area contributed by atoms with Crippen LogP contribution in [0.2, 0.25) is 5.02 Å². The van der Waals surface area contributed by atoms with Crippen LogP contribution in [0, 0.1) is 5.82 Å². The van der Waals surface area contributed by atoms with E-state index in [4.69, 9.17) is 26.5 Å². The molecule has 0 saturated carbocycles. The molecule has 3 N–H and O–H groups in total. The monoisotopic (exact) mass is 454 g/mol. The fourth-order valence-electron chi connectivity index (χ4n) is 2.87. The third kappa shape index (κ3) is 4.47. The minimum Gasteiger partial charge on any atom is -0.467 e. The van der Waals surface area contributed by atoms with E-state index in [1.165, 1.54) is 49.0 Å². The summed E-state index contributed by atoms with van der Waals surface area (Å²) in [4.78, 5) is 28.6. The van der Waals surface area contributed by atoms with E-state index in [0.29, 0.717) is 5.76 Å². The van der Waals surface area contributed by atoms with Gasteiger partial charge in [0, 0.05) is 30.6 Å². The normalized spacial score (nSPS) is 10.7. The Bertz CT molecular complexity index is 1340. The summed E-state index contributed by atoms with van der Waals surface area (Å²) in [5, 5.41) is 2.74. The molecular weight excluding hydrogens is 439 g/mol. The molecule has 4 aromatic rings. The van der Waals surface area contributed by atoms with E-state index in [-0.39, 0.29) is 40.1 Å². The molecule has 8 nitrogen and oxygen atoms in total. The van der Waals surface area contributed by atoms with Crippen molar-refractivity contribution in [1.82, 2.24) is 14.9 Å². The third-order valence-corrected chi connectivity index (χ3v) is 4.85. The number of nitrogens with two attached hydrogens (primary N) is 1. The lowest BCUT2D eigenvalue weighted by molar-refractivity contribution is 0.0947. The summed E-state index contributed by atoms with van der Waals surface area (Å²) in [6.07, 6.45) is 4.21. The Labute approximate surface area is 186 Å². The van der Waals surface area contributed by atoms with Crippen LogP contribution in [0.15, 0.2) is 76.4 Å². The summed E-state index contributed by atoms with van der Waals surface area (Å²) in [6, 6.07) is 11.4. The number of aromatic nitrogens is 2. The quantitative estimate of drug-likeness (QED) is 0.456. The fraction of sp³-hybridized carbons (Fsp3) is 0.0455. The third-order valence-electron chi connectivity index (χ3n) is 4.47. The van der Waals surface area contributed by atoms with Crippen molar-refractivity contribution in [2.24, 2.45) is 0 Å². The van der Waals surface area contributed by atoms with Gasteiger partial charge in [0.05, 0.1) is 24.1 Å². The minimum absolute atomic E-state index is 0.0508. The first-order valence-corrected chi connectivity index (χ1v) is 9.71. The standard InChI is InChI=1S/C22H16ClFN4O4/c23-20-18(7-8-26-21(20)25)32-17-5-4-14(10-16(17)24)28-12-13(3-6-19(28)29)22(30)27-11-15-2-1-9-31-15/h1-10,12H,11H2,(H2,25,26)(H,27,30). The van der Waals surface area contributed by atoms with E-state index in [9.17, 15) is 14.0 Å². The zero-order chi connectivity index (χ0) is 22.7. The molecule has 0 saturated heterocycles. The van der Waals surface area contributed by atoms with Gasteiger partial charge in [0.1, 0.15) is 16.6 Å². The summed E-state index contributed by atoms with van der Waals surface area (Å²) in [5.41, 5.74) is 5.61. The molecule has 0 aliphatic carbocycles. The van der Waals surface area contributed by atoms with Crippen LogP contribution in [0.25, 0.3) is 5.69 Å². The Morgan fingerprint density at radius 2 is 2.06 bits per heavy atom. The maximum absolute atomic E-state index is 14.7. The summed E-state index contributed by atoms with van der Waals surface area (Å²) in [7, 11) is 0. The maximum atomic E-state index is 14.7. The number of carbonyl (C=O) groups excluding carboxylic acids is 1. The molecule has 1 aromatic carbocycles. The van der Waals surface area contributed by atoms with Gasteiger partial charge in [-0.1, -0.05) is 11.6 Å². The largest absolute Gasteiger partial charge is 0.467 e. The molecule has 0 spiro atoms. The van der Waals surface area contributed by atoms with Gasteiger partial charge in [-0.05, 0) is 30.3 Å². The van der Waals surface area contributed by atoms with E-state index < -0.39 is 17.3 Å². The van der Waals surface area contributed by atoms with Crippen LogP contribution in [-0.2, 0) is 6.54 Å². The van der Waals surface area contributed by atoms with Crippen molar-refractivity contribution < 1.29 is 18.3 Å².